The Bertz CT molecular complexity index is 1410. The van der Waals surface area contributed by atoms with Crippen LogP contribution in [0.1, 0.15) is 35.6 Å². The number of rotatable bonds is 5. The largest absolute Gasteiger partial charge is 0.348 e. The Morgan fingerprint density at radius 2 is 1.61 bits per heavy atom. The van der Waals surface area contributed by atoms with Gasteiger partial charge in [-0.25, -0.2) is 13.2 Å². The third-order valence-corrected chi connectivity index (χ3v) is 9.18. The molecule has 0 spiro atoms. The Balaban J connectivity index is 1.40. The maximum Gasteiger partial charge on any atom is 0.321 e. The van der Waals surface area contributed by atoms with Crippen LogP contribution in [0.4, 0.5) is 10.5 Å². The standard InChI is InChI=1S/C29H32N4O4S/c1-21-14-16-23(17-15-21)30-29(35)32-18-19-33(38(36,37)24-10-3-2-4-11-24)27(20-32)28(34)31-26-13-7-9-22-8-5-6-12-25(22)26/h2-6,8,10-12,14-17,26-27H,7,9,13,18-20H2,1H3,(H,30,35)(H,31,34). The molecule has 198 valence electrons. The quantitative estimate of drug-likeness (QED) is 0.517. The molecule has 38 heavy (non-hydrogen) atoms. The van der Waals surface area contributed by atoms with Crippen LogP contribution in [0, 0.1) is 6.92 Å². The minimum absolute atomic E-state index is 0.0118. The van der Waals surface area contributed by atoms with Crippen molar-refractivity contribution >= 4 is 27.6 Å². The summed E-state index contributed by atoms with van der Waals surface area (Å²) in [5.74, 6) is -0.404. The predicted octanol–water partition coefficient (Wildman–Crippen LogP) is 4.10. The van der Waals surface area contributed by atoms with Crippen LogP contribution < -0.4 is 10.6 Å². The van der Waals surface area contributed by atoms with Gasteiger partial charge in [-0.1, -0.05) is 60.2 Å². The number of piperazine rings is 1. The molecule has 2 unspecified atom stereocenters. The van der Waals surface area contributed by atoms with Crippen LogP contribution in [0.25, 0.3) is 0 Å². The molecule has 0 saturated carbocycles. The van der Waals surface area contributed by atoms with Crippen LogP contribution in [-0.4, -0.2) is 55.2 Å². The van der Waals surface area contributed by atoms with E-state index >= 15 is 0 Å². The van der Waals surface area contributed by atoms with E-state index in [1.165, 1.54) is 26.9 Å². The van der Waals surface area contributed by atoms with E-state index in [2.05, 4.69) is 16.7 Å². The molecule has 1 saturated heterocycles. The van der Waals surface area contributed by atoms with E-state index in [0.29, 0.717) is 5.69 Å². The molecule has 8 nitrogen and oxygen atoms in total. The average Bonchev–Trinajstić information content (AvgIpc) is 2.94. The van der Waals surface area contributed by atoms with Crippen molar-refractivity contribution in [2.75, 3.05) is 25.0 Å². The highest BCUT2D eigenvalue weighted by molar-refractivity contribution is 7.89. The van der Waals surface area contributed by atoms with Crippen molar-refractivity contribution in [3.05, 3.63) is 95.6 Å². The monoisotopic (exact) mass is 532 g/mol. The van der Waals surface area contributed by atoms with Gasteiger partial charge < -0.3 is 15.5 Å². The van der Waals surface area contributed by atoms with Gasteiger partial charge >= 0.3 is 6.03 Å². The van der Waals surface area contributed by atoms with E-state index in [0.717, 1.165) is 30.4 Å². The van der Waals surface area contributed by atoms with Crippen molar-refractivity contribution in [2.45, 2.75) is 43.2 Å². The van der Waals surface area contributed by atoms with Crippen LogP contribution in [0.5, 0.6) is 0 Å². The van der Waals surface area contributed by atoms with Gasteiger partial charge in [-0.3, -0.25) is 4.79 Å². The Kier molecular flexibility index (Phi) is 7.49. The summed E-state index contributed by atoms with van der Waals surface area (Å²) in [5, 5.41) is 5.98. The first-order valence-corrected chi connectivity index (χ1v) is 14.3. The molecule has 9 heteroatoms. The molecule has 0 bridgehead atoms. The van der Waals surface area contributed by atoms with Gasteiger partial charge in [-0.15, -0.1) is 0 Å². The first-order chi connectivity index (χ1) is 18.3. The van der Waals surface area contributed by atoms with Crippen molar-refractivity contribution in [1.82, 2.24) is 14.5 Å². The van der Waals surface area contributed by atoms with Gasteiger partial charge in [0.25, 0.3) is 0 Å². The van der Waals surface area contributed by atoms with E-state index in [1.807, 2.05) is 49.4 Å². The number of carbonyl (C=O) groups is 2. The number of benzene rings is 3. The normalized spacial score (nSPS) is 19.9. The number of fused-ring (bicyclic) bond motifs is 1. The number of carbonyl (C=O) groups excluding carboxylic acids is 2. The summed E-state index contributed by atoms with van der Waals surface area (Å²) >= 11 is 0. The number of hydrogen-bond donors (Lipinski definition) is 2. The number of nitrogens with zero attached hydrogens (tertiary/aromatic N) is 2. The third kappa shape index (κ3) is 5.44. The molecule has 3 amide bonds. The smallest absolute Gasteiger partial charge is 0.321 e. The molecular formula is C29H32N4O4S. The Morgan fingerprint density at radius 3 is 2.37 bits per heavy atom. The first-order valence-electron chi connectivity index (χ1n) is 12.9. The van der Waals surface area contributed by atoms with E-state index < -0.39 is 22.0 Å². The van der Waals surface area contributed by atoms with Crippen LogP contribution in [0.15, 0.2) is 83.8 Å². The zero-order chi connectivity index (χ0) is 26.7. The number of hydrogen-bond acceptors (Lipinski definition) is 4. The number of anilines is 1. The number of sulfonamides is 1. The van der Waals surface area contributed by atoms with E-state index in [-0.39, 0.29) is 36.6 Å². The van der Waals surface area contributed by atoms with Crippen molar-refractivity contribution < 1.29 is 18.0 Å². The van der Waals surface area contributed by atoms with E-state index in [4.69, 9.17) is 0 Å². The number of amides is 3. The molecule has 3 aromatic carbocycles. The summed E-state index contributed by atoms with van der Waals surface area (Å²) in [4.78, 5) is 28.5. The molecule has 1 heterocycles. The highest BCUT2D eigenvalue weighted by Crippen LogP contribution is 2.30. The van der Waals surface area contributed by atoms with Gasteiger partial charge in [0.1, 0.15) is 6.04 Å². The molecule has 0 aromatic heterocycles. The van der Waals surface area contributed by atoms with Gasteiger partial charge in [0.15, 0.2) is 0 Å². The van der Waals surface area contributed by atoms with Gasteiger partial charge in [-0.2, -0.15) is 4.31 Å². The fourth-order valence-corrected chi connectivity index (χ4v) is 6.78. The van der Waals surface area contributed by atoms with Crippen LogP contribution in [0.3, 0.4) is 0 Å². The lowest BCUT2D eigenvalue weighted by molar-refractivity contribution is -0.127. The van der Waals surface area contributed by atoms with Crippen molar-refractivity contribution in [3.8, 4) is 0 Å². The highest BCUT2D eigenvalue weighted by Gasteiger charge is 2.42. The van der Waals surface area contributed by atoms with Crippen molar-refractivity contribution in [2.24, 2.45) is 0 Å². The third-order valence-electron chi connectivity index (χ3n) is 7.26. The molecule has 0 radical (unpaired) electrons. The number of urea groups is 1. The van der Waals surface area contributed by atoms with Gasteiger partial charge in [0, 0.05) is 25.3 Å². The van der Waals surface area contributed by atoms with Crippen LogP contribution in [-0.2, 0) is 21.2 Å². The molecule has 2 atom stereocenters. The molecule has 1 aliphatic carbocycles. The minimum Gasteiger partial charge on any atom is -0.348 e. The zero-order valence-electron chi connectivity index (χ0n) is 21.3. The molecule has 2 N–H and O–H groups in total. The Hall–Kier alpha value is -3.69. The fourth-order valence-electron chi connectivity index (χ4n) is 5.19. The predicted molar refractivity (Wildman–Crippen MR) is 146 cm³/mol. The summed E-state index contributed by atoms with van der Waals surface area (Å²) in [5.41, 5.74) is 3.97. The lowest BCUT2D eigenvalue weighted by atomic mass is 9.87. The number of nitrogens with one attached hydrogen (secondary N) is 2. The zero-order valence-corrected chi connectivity index (χ0v) is 22.2. The van der Waals surface area contributed by atoms with Gasteiger partial charge in [0.05, 0.1) is 10.9 Å². The fraction of sp³-hybridized carbons (Fsp3) is 0.310. The second-order valence-corrected chi connectivity index (χ2v) is 11.7. The maximum absolute atomic E-state index is 13.8. The summed E-state index contributed by atoms with van der Waals surface area (Å²) < 4.78 is 28.5. The highest BCUT2D eigenvalue weighted by atomic mass is 32.2. The topological polar surface area (TPSA) is 98.8 Å². The summed E-state index contributed by atoms with van der Waals surface area (Å²) in [6.07, 6.45) is 2.66. The van der Waals surface area contributed by atoms with E-state index in [9.17, 15) is 18.0 Å². The molecule has 1 fully saturated rings. The summed E-state index contributed by atoms with van der Waals surface area (Å²) in [7, 11) is -3.96. The lowest BCUT2D eigenvalue weighted by Gasteiger charge is -2.40. The molecule has 3 aromatic rings. The Labute approximate surface area is 223 Å². The average molecular weight is 533 g/mol. The molecule has 2 aliphatic rings. The van der Waals surface area contributed by atoms with Crippen molar-refractivity contribution in [1.29, 1.82) is 0 Å². The summed E-state index contributed by atoms with van der Waals surface area (Å²) in [6.45, 7) is 2.09. The molecule has 5 rings (SSSR count). The maximum atomic E-state index is 13.8. The second-order valence-electron chi connectivity index (χ2n) is 9.84. The Morgan fingerprint density at radius 1 is 0.895 bits per heavy atom. The van der Waals surface area contributed by atoms with Crippen LogP contribution in [0.2, 0.25) is 0 Å². The molecule has 1 aliphatic heterocycles. The minimum atomic E-state index is -3.96. The SMILES string of the molecule is Cc1ccc(NC(=O)N2CCN(S(=O)(=O)c3ccccc3)C(C(=O)NC3CCCc4ccccc43)C2)cc1. The lowest BCUT2D eigenvalue weighted by Crippen LogP contribution is -2.62. The second kappa shape index (κ2) is 11.0. The van der Waals surface area contributed by atoms with Crippen LogP contribution >= 0.6 is 0 Å². The van der Waals surface area contributed by atoms with Crippen molar-refractivity contribution in [3.63, 3.8) is 0 Å². The number of aryl methyl sites for hydroxylation is 2. The van der Waals surface area contributed by atoms with Gasteiger partial charge in [0.2, 0.25) is 15.9 Å². The van der Waals surface area contributed by atoms with E-state index in [1.54, 1.807) is 18.2 Å². The summed E-state index contributed by atoms with van der Waals surface area (Å²) in [6, 6.07) is 21.9. The van der Waals surface area contributed by atoms with Gasteiger partial charge in [-0.05, 0) is 61.6 Å². The first kappa shape index (κ1) is 25.9. The molecular weight excluding hydrogens is 500 g/mol.